The maximum Gasteiger partial charge on any atom is 0.417 e. The second-order valence-electron chi connectivity index (χ2n) is 9.36. The van der Waals surface area contributed by atoms with E-state index >= 15 is 0 Å². The lowest BCUT2D eigenvalue weighted by molar-refractivity contribution is -0.140. The molecular weight excluding hydrogens is 436 g/mol. The molecule has 1 aromatic heterocycles. The molecule has 3 atom stereocenters. The minimum Gasteiger partial charge on any atom is -0.481 e. The van der Waals surface area contributed by atoms with Gasteiger partial charge in [-0.15, -0.1) is 0 Å². The highest BCUT2D eigenvalue weighted by atomic mass is 16.4. The summed E-state index contributed by atoms with van der Waals surface area (Å²) in [5.74, 6) is -1.64. The van der Waals surface area contributed by atoms with Gasteiger partial charge >= 0.3 is 11.7 Å². The minimum atomic E-state index is -0.976. The Morgan fingerprint density at radius 2 is 2.15 bits per heavy atom. The van der Waals surface area contributed by atoms with E-state index in [0.717, 1.165) is 38.6 Å². The summed E-state index contributed by atoms with van der Waals surface area (Å²) in [6.07, 6.45) is 9.97. The molecule has 0 spiro atoms. The Kier molecular flexibility index (Phi) is 6.28. The number of H-pyrrole nitrogens is 1. The lowest BCUT2D eigenvalue weighted by Gasteiger charge is -2.32. The Labute approximate surface area is 196 Å². The normalized spacial score (nSPS) is 23.3. The second-order valence-corrected chi connectivity index (χ2v) is 9.36. The van der Waals surface area contributed by atoms with Crippen LogP contribution in [0.1, 0.15) is 56.6 Å². The van der Waals surface area contributed by atoms with Gasteiger partial charge in [-0.25, -0.2) is 4.79 Å². The summed E-state index contributed by atoms with van der Waals surface area (Å²) < 4.78 is 5.14. The van der Waals surface area contributed by atoms with Crippen molar-refractivity contribution in [1.82, 2.24) is 20.5 Å². The number of carbonyl (C=O) groups excluding carboxylic acids is 1. The van der Waals surface area contributed by atoms with Gasteiger partial charge in [-0.3, -0.25) is 19.9 Å². The monoisotopic (exact) mass is 466 g/mol. The maximum absolute atomic E-state index is 13.2. The van der Waals surface area contributed by atoms with Gasteiger partial charge in [0.2, 0.25) is 5.91 Å². The highest BCUT2D eigenvalue weighted by Crippen LogP contribution is 2.34. The number of carbonyl (C=O) groups is 2. The Morgan fingerprint density at radius 1 is 1.26 bits per heavy atom. The summed E-state index contributed by atoms with van der Waals surface area (Å²) in [6.45, 7) is 1.55. The van der Waals surface area contributed by atoms with Gasteiger partial charge in [0, 0.05) is 18.2 Å². The van der Waals surface area contributed by atoms with Crippen LogP contribution in [0.3, 0.4) is 0 Å². The van der Waals surface area contributed by atoms with E-state index in [1.165, 1.54) is 17.7 Å². The van der Waals surface area contributed by atoms with E-state index in [1.807, 2.05) is 0 Å². The standard InChI is InChI=1S/C25H30N4O5/c30-22(31)14-20(17-7-9-19-21(13-17)34-25(33)28-19)29-12-10-16(24(29)32)3-1-5-18-8-6-15-4-2-11-26-23(15)27-18/h6-9,13,16,20,23,26-27H,1-5,10-12,14H2,(H,28,33)(H,30,31)/t16?,20-,23?/m0/s1. The average Bonchev–Trinajstić information content (AvgIpc) is 3.38. The fourth-order valence-corrected chi connectivity index (χ4v) is 5.36. The Bertz CT molecular complexity index is 1210. The number of aromatic nitrogens is 1. The van der Waals surface area contributed by atoms with Crippen molar-refractivity contribution in [3.8, 4) is 0 Å². The van der Waals surface area contributed by atoms with Gasteiger partial charge < -0.3 is 19.7 Å². The molecular formula is C25H30N4O5. The number of benzene rings is 1. The molecule has 1 amide bonds. The number of hydrogen-bond donors (Lipinski definition) is 4. The van der Waals surface area contributed by atoms with Gasteiger partial charge in [-0.1, -0.05) is 12.1 Å². The van der Waals surface area contributed by atoms with Gasteiger partial charge in [0.25, 0.3) is 0 Å². The number of amides is 1. The van der Waals surface area contributed by atoms with Gasteiger partial charge in [0.1, 0.15) is 0 Å². The van der Waals surface area contributed by atoms with E-state index in [4.69, 9.17) is 4.42 Å². The van der Waals surface area contributed by atoms with Crippen molar-refractivity contribution in [2.24, 2.45) is 5.92 Å². The minimum absolute atomic E-state index is 0.00332. The van der Waals surface area contributed by atoms with Crippen LogP contribution >= 0.6 is 0 Å². The van der Waals surface area contributed by atoms with E-state index in [1.54, 1.807) is 23.1 Å². The van der Waals surface area contributed by atoms with Crippen LogP contribution in [0.4, 0.5) is 0 Å². The second kappa shape index (κ2) is 9.50. The Morgan fingerprint density at radius 3 is 3.00 bits per heavy atom. The number of hydrogen-bond acceptors (Lipinski definition) is 6. The first kappa shape index (κ1) is 22.5. The van der Waals surface area contributed by atoms with Crippen molar-refractivity contribution >= 4 is 23.0 Å². The molecule has 4 N–H and O–H groups in total. The molecule has 0 radical (unpaired) electrons. The van der Waals surface area contributed by atoms with Crippen LogP contribution in [-0.2, 0) is 9.59 Å². The topological polar surface area (TPSA) is 128 Å². The van der Waals surface area contributed by atoms with E-state index in [2.05, 4.69) is 27.8 Å². The zero-order valence-corrected chi connectivity index (χ0v) is 19.0. The van der Waals surface area contributed by atoms with E-state index in [-0.39, 0.29) is 24.4 Å². The number of piperidine rings is 1. The van der Waals surface area contributed by atoms with E-state index < -0.39 is 17.8 Å². The summed E-state index contributed by atoms with van der Waals surface area (Å²) >= 11 is 0. The zero-order chi connectivity index (χ0) is 23.7. The fourth-order valence-electron chi connectivity index (χ4n) is 5.36. The molecule has 3 aliphatic rings. The van der Waals surface area contributed by atoms with Crippen LogP contribution in [0.25, 0.3) is 11.1 Å². The molecule has 2 fully saturated rings. The fraction of sp³-hybridized carbons (Fsp3) is 0.480. The predicted molar refractivity (Wildman–Crippen MR) is 126 cm³/mol. The smallest absolute Gasteiger partial charge is 0.417 e. The molecule has 180 valence electrons. The number of aliphatic carboxylic acids is 1. The third kappa shape index (κ3) is 4.65. The highest BCUT2D eigenvalue weighted by Gasteiger charge is 2.37. The van der Waals surface area contributed by atoms with Crippen LogP contribution in [0.15, 0.2) is 50.8 Å². The number of likely N-dealkylation sites (tertiary alicyclic amines) is 1. The number of nitrogens with zero attached hydrogens (tertiary/aromatic N) is 1. The highest BCUT2D eigenvalue weighted by molar-refractivity contribution is 5.82. The molecule has 0 aliphatic carbocycles. The van der Waals surface area contributed by atoms with Gasteiger partial charge in [-0.2, -0.15) is 0 Å². The number of rotatable bonds is 8. The quantitative estimate of drug-likeness (QED) is 0.471. The van der Waals surface area contributed by atoms with Crippen LogP contribution in [-0.4, -0.2) is 46.1 Å². The molecule has 0 saturated carbocycles. The molecule has 9 heteroatoms. The van der Waals surface area contributed by atoms with Crippen molar-refractivity contribution in [3.63, 3.8) is 0 Å². The SMILES string of the molecule is O=C(O)C[C@@H](c1ccc2[nH]c(=O)oc2c1)N1CCC(CCCC2=CC=C3CCCNC3N2)C1=O. The molecule has 5 rings (SSSR count). The largest absolute Gasteiger partial charge is 0.481 e. The molecule has 3 aliphatic heterocycles. The summed E-state index contributed by atoms with van der Waals surface area (Å²) in [5.41, 5.74) is 4.16. The summed E-state index contributed by atoms with van der Waals surface area (Å²) in [6, 6.07) is 4.51. The van der Waals surface area contributed by atoms with Crippen LogP contribution in [0, 0.1) is 5.92 Å². The number of fused-ring (bicyclic) bond motifs is 2. The molecule has 2 unspecified atom stereocenters. The number of nitrogens with one attached hydrogen (secondary N) is 3. The van der Waals surface area contributed by atoms with Crippen molar-refractivity contribution in [2.45, 2.75) is 57.2 Å². The molecule has 2 saturated heterocycles. The number of carboxylic acid groups (broad SMARTS) is 1. The molecule has 2 aromatic rings. The predicted octanol–water partition coefficient (Wildman–Crippen LogP) is 2.78. The Balaban J connectivity index is 1.23. The number of aromatic amines is 1. The van der Waals surface area contributed by atoms with Gasteiger partial charge in [-0.05, 0) is 74.4 Å². The third-order valence-corrected chi connectivity index (χ3v) is 7.11. The lowest BCUT2D eigenvalue weighted by atomic mass is 9.96. The molecule has 34 heavy (non-hydrogen) atoms. The molecule has 4 heterocycles. The van der Waals surface area contributed by atoms with Gasteiger partial charge in [0.05, 0.1) is 24.1 Å². The third-order valence-electron chi connectivity index (χ3n) is 7.11. The number of carboxylic acids is 1. The maximum atomic E-state index is 13.2. The van der Waals surface area contributed by atoms with Crippen molar-refractivity contribution in [3.05, 3.63) is 57.7 Å². The first-order chi connectivity index (χ1) is 16.5. The molecule has 1 aromatic carbocycles. The van der Waals surface area contributed by atoms with E-state index in [9.17, 15) is 19.5 Å². The first-order valence-corrected chi connectivity index (χ1v) is 12.0. The van der Waals surface area contributed by atoms with Crippen molar-refractivity contribution in [1.29, 1.82) is 0 Å². The summed E-state index contributed by atoms with van der Waals surface area (Å²) in [7, 11) is 0. The van der Waals surface area contributed by atoms with Crippen LogP contribution in [0.2, 0.25) is 0 Å². The summed E-state index contributed by atoms with van der Waals surface area (Å²) in [5, 5.41) is 16.6. The first-order valence-electron chi connectivity index (χ1n) is 12.0. The number of oxazole rings is 1. The van der Waals surface area contributed by atoms with Gasteiger partial charge in [0.15, 0.2) is 5.58 Å². The lowest BCUT2D eigenvalue weighted by Crippen LogP contribution is -2.47. The Hall–Kier alpha value is -3.33. The van der Waals surface area contributed by atoms with Crippen molar-refractivity contribution < 1.29 is 19.1 Å². The molecule has 9 nitrogen and oxygen atoms in total. The molecule has 0 bridgehead atoms. The number of allylic oxidation sites excluding steroid dienone is 3. The van der Waals surface area contributed by atoms with Crippen LogP contribution in [0.5, 0.6) is 0 Å². The van der Waals surface area contributed by atoms with E-state index in [0.29, 0.717) is 23.2 Å². The zero-order valence-electron chi connectivity index (χ0n) is 19.0. The van der Waals surface area contributed by atoms with Crippen molar-refractivity contribution in [2.75, 3.05) is 13.1 Å². The summed E-state index contributed by atoms with van der Waals surface area (Å²) in [4.78, 5) is 40.6. The van der Waals surface area contributed by atoms with Crippen LogP contribution < -0.4 is 16.4 Å². The number of dihydropyridines is 1. The average molecular weight is 467 g/mol.